The predicted octanol–water partition coefficient (Wildman–Crippen LogP) is 5.36. The molecule has 2 heteroatoms. The fraction of sp³-hybridized carbons (Fsp3) is 0.500. The van der Waals surface area contributed by atoms with Crippen LogP contribution in [0.15, 0.2) is 36.0 Å². The van der Waals surface area contributed by atoms with Gasteiger partial charge in [0.05, 0.1) is 8.07 Å². The van der Waals surface area contributed by atoms with Crippen molar-refractivity contribution in [1.29, 1.82) is 0 Å². The number of hydrogen-bond donors (Lipinski definition) is 0. The molecule has 0 N–H and O–H groups in total. The van der Waals surface area contributed by atoms with E-state index in [0.717, 1.165) is 12.8 Å². The van der Waals surface area contributed by atoms with Crippen LogP contribution in [0, 0.1) is 5.82 Å². The van der Waals surface area contributed by atoms with Gasteiger partial charge in [0.1, 0.15) is 5.82 Å². The van der Waals surface area contributed by atoms with Gasteiger partial charge in [0.2, 0.25) is 0 Å². The summed E-state index contributed by atoms with van der Waals surface area (Å²) in [5, 5.41) is 0. The molecule has 0 unspecified atom stereocenters. The summed E-state index contributed by atoms with van der Waals surface area (Å²) in [5.74, 6) is -0.149. The number of rotatable bonds is 7. The van der Waals surface area contributed by atoms with Crippen LogP contribution in [0.2, 0.25) is 18.1 Å². The first-order valence-electron chi connectivity index (χ1n) is 7.08. The molecular formula is C16H25FSi. The summed E-state index contributed by atoms with van der Waals surface area (Å²) < 4.78 is 12.8. The molecule has 1 aromatic rings. The second-order valence-electron chi connectivity index (χ2n) is 4.99. The topological polar surface area (TPSA) is 0 Å². The largest absolute Gasteiger partial charge is 0.207 e. The molecule has 0 spiro atoms. The summed E-state index contributed by atoms with van der Waals surface area (Å²) in [4.78, 5) is 0. The molecule has 18 heavy (non-hydrogen) atoms. The Balaban J connectivity index is 2.47. The van der Waals surface area contributed by atoms with Gasteiger partial charge in [-0.3, -0.25) is 0 Å². The van der Waals surface area contributed by atoms with Gasteiger partial charge in [-0.2, -0.15) is 0 Å². The molecule has 0 radical (unpaired) electrons. The van der Waals surface area contributed by atoms with Crippen molar-refractivity contribution >= 4 is 8.07 Å². The van der Waals surface area contributed by atoms with E-state index in [1.165, 1.54) is 23.7 Å². The Kier molecular flexibility index (Phi) is 6.34. The van der Waals surface area contributed by atoms with Crippen molar-refractivity contribution in [2.75, 3.05) is 0 Å². The molecule has 0 aliphatic carbocycles. The Morgan fingerprint density at radius 3 is 2.06 bits per heavy atom. The zero-order chi connectivity index (χ0) is 13.4. The summed E-state index contributed by atoms with van der Waals surface area (Å²) in [6.45, 7) is 6.97. The lowest BCUT2D eigenvalue weighted by Crippen LogP contribution is -2.28. The number of benzene rings is 1. The number of aryl methyl sites for hydroxylation is 1. The van der Waals surface area contributed by atoms with Crippen molar-refractivity contribution in [1.82, 2.24) is 0 Å². The lowest BCUT2D eigenvalue weighted by atomic mass is 10.1. The number of hydrogen-bond acceptors (Lipinski definition) is 0. The zero-order valence-electron chi connectivity index (χ0n) is 11.9. The van der Waals surface area contributed by atoms with E-state index in [0.29, 0.717) is 0 Å². The summed E-state index contributed by atoms with van der Waals surface area (Å²) in [6, 6.07) is 10.9. The van der Waals surface area contributed by atoms with Gasteiger partial charge in [-0.1, -0.05) is 62.8 Å². The fourth-order valence-corrected chi connectivity index (χ4v) is 5.21. The van der Waals surface area contributed by atoms with Crippen LogP contribution in [0.1, 0.15) is 32.8 Å². The minimum absolute atomic E-state index is 0.149. The molecule has 0 saturated carbocycles. The molecule has 0 bridgehead atoms. The van der Waals surface area contributed by atoms with Gasteiger partial charge in [0.15, 0.2) is 0 Å². The third kappa shape index (κ3) is 4.41. The van der Waals surface area contributed by atoms with Crippen molar-refractivity contribution < 1.29 is 4.39 Å². The molecular weight excluding hydrogens is 239 g/mol. The van der Waals surface area contributed by atoms with Crippen molar-refractivity contribution in [3.63, 3.8) is 0 Å². The Morgan fingerprint density at radius 1 is 1.00 bits per heavy atom. The van der Waals surface area contributed by atoms with E-state index in [1.807, 2.05) is 12.1 Å². The highest BCUT2D eigenvalue weighted by Crippen LogP contribution is 2.21. The molecule has 0 aliphatic heterocycles. The fourth-order valence-electron chi connectivity index (χ4n) is 2.34. The van der Waals surface area contributed by atoms with Crippen LogP contribution in [-0.2, 0) is 6.42 Å². The molecule has 0 aliphatic rings. The molecule has 1 aromatic carbocycles. The van der Waals surface area contributed by atoms with Crippen LogP contribution in [0.3, 0.4) is 0 Å². The van der Waals surface area contributed by atoms with Crippen LogP contribution < -0.4 is 0 Å². The lowest BCUT2D eigenvalue weighted by molar-refractivity contribution is 0.627. The molecule has 1 rings (SSSR count). The average molecular weight is 264 g/mol. The summed E-state index contributed by atoms with van der Waals surface area (Å²) in [6.07, 6.45) is 4.44. The van der Waals surface area contributed by atoms with Crippen LogP contribution in [0.4, 0.5) is 4.39 Å². The van der Waals surface area contributed by atoms with Crippen LogP contribution in [0.25, 0.3) is 0 Å². The number of halogens is 1. The van der Waals surface area contributed by atoms with Gasteiger partial charge in [0.25, 0.3) is 0 Å². The van der Waals surface area contributed by atoms with E-state index in [9.17, 15) is 4.39 Å². The SMILES string of the molecule is CC[Si](/C=C\CCc1ccc(F)cc1)(CC)CC. The quantitative estimate of drug-likeness (QED) is 0.581. The minimum Gasteiger partial charge on any atom is -0.207 e. The summed E-state index contributed by atoms with van der Waals surface area (Å²) >= 11 is 0. The van der Waals surface area contributed by atoms with Crippen molar-refractivity contribution in [2.45, 2.75) is 51.7 Å². The molecule has 0 amide bonds. The first-order chi connectivity index (χ1) is 8.65. The van der Waals surface area contributed by atoms with Gasteiger partial charge in [0, 0.05) is 0 Å². The molecule has 0 nitrogen and oxygen atoms in total. The van der Waals surface area contributed by atoms with Gasteiger partial charge in [-0.25, -0.2) is 4.39 Å². The zero-order valence-corrected chi connectivity index (χ0v) is 12.9. The van der Waals surface area contributed by atoms with Gasteiger partial charge < -0.3 is 0 Å². The Labute approximate surface area is 112 Å². The molecule has 0 fully saturated rings. The summed E-state index contributed by atoms with van der Waals surface area (Å²) in [7, 11) is -1.11. The minimum atomic E-state index is -1.11. The second-order valence-corrected chi connectivity index (χ2v) is 10.2. The Bertz CT molecular complexity index is 355. The van der Waals surface area contributed by atoms with Gasteiger partial charge in [-0.05, 0) is 30.5 Å². The standard InChI is InChI=1S/C16H25FSi/c1-4-18(5-2,6-3)14-8-7-9-15-10-12-16(17)13-11-15/h8,10-14H,4-7,9H2,1-3H3/b14-8-. The van der Waals surface area contributed by atoms with E-state index in [-0.39, 0.29) is 5.82 Å². The van der Waals surface area contributed by atoms with E-state index in [2.05, 4.69) is 32.5 Å². The Morgan fingerprint density at radius 2 is 1.56 bits per heavy atom. The third-order valence-electron chi connectivity index (χ3n) is 4.10. The van der Waals surface area contributed by atoms with Crippen molar-refractivity contribution in [2.24, 2.45) is 0 Å². The predicted molar refractivity (Wildman–Crippen MR) is 81.1 cm³/mol. The van der Waals surface area contributed by atoms with Crippen LogP contribution in [0.5, 0.6) is 0 Å². The third-order valence-corrected chi connectivity index (χ3v) is 9.26. The average Bonchev–Trinajstić information content (AvgIpc) is 2.42. The maximum Gasteiger partial charge on any atom is 0.123 e. The maximum atomic E-state index is 12.8. The normalized spacial score (nSPS) is 12.2. The summed E-state index contributed by atoms with van der Waals surface area (Å²) in [5.41, 5.74) is 3.74. The monoisotopic (exact) mass is 264 g/mol. The van der Waals surface area contributed by atoms with Crippen LogP contribution >= 0.6 is 0 Å². The van der Waals surface area contributed by atoms with Gasteiger partial charge in [-0.15, -0.1) is 0 Å². The second kappa shape index (κ2) is 7.52. The van der Waals surface area contributed by atoms with Crippen LogP contribution in [-0.4, -0.2) is 8.07 Å². The highest BCUT2D eigenvalue weighted by atomic mass is 28.3. The molecule has 100 valence electrons. The van der Waals surface area contributed by atoms with E-state index >= 15 is 0 Å². The maximum absolute atomic E-state index is 12.8. The first kappa shape index (κ1) is 15.2. The van der Waals surface area contributed by atoms with Crippen molar-refractivity contribution in [3.05, 3.63) is 47.4 Å². The molecule has 0 aromatic heterocycles. The highest BCUT2D eigenvalue weighted by Gasteiger charge is 2.22. The first-order valence-corrected chi connectivity index (χ1v) is 9.77. The molecule has 0 atom stereocenters. The smallest absolute Gasteiger partial charge is 0.123 e. The lowest BCUT2D eigenvalue weighted by Gasteiger charge is -2.23. The number of allylic oxidation sites excluding steroid dienone is 1. The Hall–Kier alpha value is -0.893. The van der Waals surface area contributed by atoms with E-state index < -0.39 is 8.07 Å². The molecule has 0 heterocycles. The van der Waals surface area contributed by atoms with Crippen molar-refractivity contribution in [3.8, 4) is 0 Å². The van der Waals surface area contributed by atoms with E-state index in [4.69, 9.17) is 0 Å². The molecule has 0 saturated heterocycles. The van der Waals surface area contributed by atoms with E-state index in [1.54, 1.807) is 12.1 Å². The highest BCUT2D eigenvalue weighted by molar-refractivity contribution is 6.84. The van der Waals surface area contributed by atoms with Gasteiger partial charge >= 0.3 is 0 Å².